The van der Waals surface area contributed by atoms with Crippen LogP contribution in [0, 0.1) is 0 Å². The van der Waals surface area contributed by atoms with E-state index in [1.165, 1.54) is 75.0 Å². The molecule has 0 bridgehead atoms. The second kappa shape index (κ2) is 68.4. The van der Waals surface area contributed by atoms with E-state index in [4.69, 9.17) is 79.2 Å². The lowest BCUT2D eigenvalue weighted by Crippen LogP contribution is -2.67. The molecule has 112 heavy (non-hydrogen) atoms. The van der Waals surface area contributed by atoms with Gasteiger partial charge < -0.3 is 57.4 Å². The molecular formula is C85H147NO24P2. The minimum absolute atomic E-state index is 0.000901. The first-order valence-electron chi connectivity index (χ1n) is 42.3. The number of phosphoric ester groups is 2. The molecule has 27 heteroatoms. The monoisotopic (exact) mass is 1630 g/mol. The molecule has 1 N–H and O–H groups in total. The molecule has 2 aliphatic rings. The van der Waals surface area contributed by atoms with E-state index >= 15 is 4.57 Å². The molecule has 0 spiro atoms. The predicted molar refractivity (Wildman–Crippen MR) is 437 cm³/mol. The van der Waals surface area contributed by atoms with E-state index in [2.05, 4.69) is 84.6 Å². The maximum Gasteiger partial charge on any atom is 0.509 e. The smallest absolute Gasteiger partial charge is 0.454 e. The number of hydrogen-bond donors (Lipinski definition) is 1. The Morgan fingerprint density at radius 2 is 0.848 bits per heavy atom. The van der Waals surface area contributed by atoms with Gasteiger partial charge in [-0.2, -0.15) is 0 Å². The van der Waals surface area contributed by atoms with E-state index in [0.29, 0.717) is 38.5 Å². The predicted octanol–water partition coefficient (Wildman–Crippen LogP) is 20.9. The van der Waals surface area contributed by atoms with Crippen molar-refractivity contribution in [3.63, 3.8) is 0 Å². The summed E-state index contributed by atoms with van der Waals surface area (Å²) in [6.45, 7) is 27.4. The highest BCUT2D eigenvalue weighted by Gasteiger charge is 2.56. The first-order chi connectivity index (χ1) is 54.5. The van der Waals surface area contributed by atoms with Crippen molar-refractivity contribution in [2.75, 3.05) is 73.2 Å². The number of Topliss-reactive ketones (excluding diaryl/α,β-unsaturated/α-hetero) is 1. The largest absolute Gasteiger partial charge is 0.509 e. The van der Waals surface area contributed by atoms with Gasteiger partial charge in [0.05, 0.1) is 45.6 Å². The van der Waals surface area contributed by atoms with Crippen molar-refractivity contribution in [1.29, 1.82) is 0 Å². The third-order valence-electron chi connectivity index (χ3n) is 19.0. The molecule has 2 heterocycles. The lowest BCUT2D eigenvalue weighted by atomic mass is 9.95. The quantitative estimate of drug-likeness (QED) is 0.0148. The number of hydrogen-bond acceptors (Lipinski definition) is 24. The second-order valence-corrected chi connectivity index (χ2v) is 31.8. The number of phosphoric acid groups is 2. The highest BCUT2D eigenvalue weighted by atomic mass is 31.2. The summed E-state index contributed by atoms with van der Waals surface area (Å²) >= 11 is 0. The molecule has 0 aliphatic carbocycles. The van der Waals surface area contributed by atoms with E-state index < -0.39 is 121 Å². The Bertz CT molecular complexity index is 2620. The Kier molecular flexibility index (Phi) is 63.1. The zero-order chi connectivity index (χ0) is 82.0. The summed E-state index contributed by atoms with van der Waals surface area (Å²) in [5.41, 5.74) is 0. The van der Waals surface area contributed by atoms with Gasteiger partial charge in [0.15, 0.2) is 24.8 Å². The maximum atomic E-state index is 15.0. The molecule has 2 saturated heterocycles. The van der Waals surface area contributed by atoms with Gasteiger partial charge in [-0.05, 0) is 57.8 Å². The van der Waals surface area contributed by atoms with Crippen LogP contribution in [0.5, 0.6) is 0 Å². The van der Waals surface area contributed by atoms with Crippen LogP contribution in [-0.4, -0.2) is 171 Å². The number of unbranched alkanes of at least 4 members (excludes halogenated alkanes) is 30. The Balaban J connectivity index is 3.04. The molecule has 0 saturated carbocycles. The third kappa shape index (κ3) is 48.8. The SMILES string of the molecule is C=CCOC(=O)OC[C@H]1O[C@@H](OC[C@H]2O[C@H](OP(=O)(OCC=C)OCC=C)[C@H](NC(=O)CC(=O)CCCCCCCCCCC)[C@@H](OCCCCCCCCCC)[C@@H]2OC(=O)OCC=C)[C@H](OC(=O)CCCCCCCCC/C=C\CCCCCC)[C@@H](OCC[C@@H](CCCCCCC)OC)[C@@H]1OP(=O)(OCC=C)OCC=C. The van der Waals surface area contributed by atoms with Crippen molar-refractivity contribution in [2.24, 2.45) is 0 Å². The fourth-order valence-corrected chi connectivity index (χ4v) is 15.4. The highest BCUT2D eigenvalue weighted by molar-refractivity contribution is 7.48. The van der Waals surface area contributed by atoms with Gasteiger partial charge in [-0.25, -0.2) is 18.7 Å². The number of methoxy groups -OCH3 is 1. The number of amides is 1. The van der Waals surface area contributed by atoms with Crippen LogP contribution < -0.4 is 5.32 Å². The molecule has 25 nitrogen and oxygen atoms in total. The summed E-state index contributed by atoms with van der Waals surface area (Å²) in [4.78, 5) is 70.6. The summed E-state index contributed by atoms with van der Waals surface area (Å²) in [5.74, 6) is -1.84. The van der Waals surface area contributed by atoms with Crippen LogP contribution in [0.2, 0.25) is 0 Å². The molecule has 2 fully saturated rings. The van der Waals surface area contributed by atoms with Crippen LogP contribution in [0.25, 0.3) is 0 Å². The summed E-state index contributed by atoms with van der Waals surface area (Å²) in [6, 6.07) is -1.58. The molecule has 1 amide bonds. The zero-order valence-electron chi connectivity index (χ0n) is 69.3. The Morgan fingerprint density at radius 1 is 0.411 bits per heavy atom. The van der Waals surface area contributed by atoms with Gasteiger partial charge >= 0.3 is 33.9 Å². The summed E-state index contributed by atoms with van der Waals surface area (Å²) in [6.07, 6.45) is 30.2. The lowest BCUT2D eigenvalue weighted by Gasteiger charge is -2.47. The lowest BCUT2D eigenvalue weighted by molar-refractivity contribution is -0.323. The highest BCUT2D eigenvalue weighted by Crippen LogP contribution is 2.54. The van der Waals surface area contributed by atoms with Crippen molar-refractivity contribution in [3.05, 3.63) is 88.1 Å². The molecule has 0 aromatic heterocycles. The number of ether oxygens (including phenoxy) is 11. The van der Waals surface area contributed by atoms with Crippen LogP contribution in [0.4, 0.5) is 9.59 Å². The van der Waals surface area contributed by atoms with Gasteiger partial charge in [0, 0.05) is 33.2 Å². The molecule has 2 aliphatic heterocycles. The third-order valence-corrected chi connectivity index (χ3v) is 21.8. The zero-order valence-corrected chi connectivity index (χ0v) is 71.0. The van der Waals surface area contributed by atoms with Gasteiger partial charge in [-0.15, -0.1) is 26.3 Å². The second-order valence-electron chi connectivity index (χ2n) is 28.6. The standard InChI is InChI=1S/C85H147NO24P2/c1-12-22-26-30-33-36-37-38-39-40-41-43-45-49-53-57-75(89)107-81-80(96-66-58-71(94-11)56-52-47-29-25-15-4)78(109-111(92,101-61-18-7)102-62-19-8)73(69-100-84(90)97-59-16-5)106-83(81)99-68-72-77(108-85(91)98-60-17-6)79(95-65-54-50-46-35-32-28-24-14-3)76(82(105-72)110-112(93,103-63-20-9)104-64-21-10)86-74(88)67-70(87)55-51-48-44-42-34-31-27-23-13-2/h16-21,36-37,71-73,76-83H,5-10,12-15,22-35,38-69H2,1-4,11H3,(H,86,88)/b37-36-/t71-,72-,73-,76-,77-,78-,79-,80+,81-,82-,83-/m1/s1. The molecule has 0 aromatic carbocycles. The van der Waals surface area contributed by atoms with E-state index in [1.54, 1.807) is 7.11 Å². The molecule has 0 unspecified atom stereocenters. The summed E-state index contributed by atoms with van der Waals surface area (Å²) in [7, 11) is -7.95. The average molecular weight is 1630 g/mol. The fraction of sp³-hybridized carbons (Fsp3) is 0.776. The Morgan fingerprint density at radius 3 is 1.37 bits per heavy atom. The van der Waals surface area contributed by atoms with Crippen LogP contribution in [0.15, 0.2) is 88.1 Å². The number of carbonyl (C=O) groups is 5. The summed E-state index contributed by atoms with van der Waals surface area (Å²) in [5, 5.41) is 2.86. The Hall–Kier alpha value is -4.69. The first-order valence-corrected chi connectivity index (χ1v) is 45.2. The van der Waals surface area contributed by atoms with Crippen LogP contribution in [0.1, 0.15) is 285 Å². The van der Waals surface area contributed by atoms with Gasteiger partial charge in [-0.3, -0.25) is 41.5 Å². The molecule has 11 atom stereocenters. The van der Waals surface area contributed by atoms with E-state index in [1.807, 2.05) is 0 Å². The van der Waals surface area contributed by atoms with Crippen LogP contribution >= 0.6 is 15.6 Å². The van der Waals surface area contributed by atoms with Crippen LogP contribution in [0.3, 0.4) is 0 Å². The van der Waals surface area contributed by atoms with E-state index in [-0.39, 0.29) is 77.6 Å². The number of allylic oxidation sites excluding steroid dienone is 2. The van der Waals surface area contributed by atoms with Crippen molar-refractivity contribution in [1.82, 2.24) is 5.32 Å². The number of nitrogens with one attached hydrogen (secondary N) is 1. The molecular weight excluding hydrogens is 1480 g/mol. The van der Waals surface area contributed by atoms with Gasteiger partial charge in [0.25, 0.3) is 0 Å². The van der Waals surface area contributed by atoms with Gasteiger partial charge in [0.2, 0.25) is 5.91 Å². The van der Waals surface area contributed by atoms with Crippen molar-refractivity contribution >= 4 is 45.6 Å². The van der Waals surface area contributed by atoms with Gasteiger partial charge in [-0.1, -0.05) is 269 Å². The number of rotatable bonds is 76. The van der Waals surface area contributed by atoms with Crippen molar-refractivity contribution in [3.8, 4) is 0 Å². The fourth-order valence-electron chi connectivity index (χ4n) is 12.9. The maximum absolute atomic E-state index is 15.0. The van der Waals surface area contributed by atoms with Gasteiger partial charge in [0.1, 0.15) is 62.2 Å². The number of carbonyl (C=O) groups excluding carboxylic acids is 5. The van der Waals surface area contributed by atoms with Crippen LogP contribution in [-0.2, 0) is 103 Å². The summed E-state index contributed by atoms with van der Waals surface area (Å²) < 4.78 is 135. The average Bonchev–Trinajstić information content (AvgIpc) is 0.779. The minimum Gasteiger partial charge on any atom is -0.454 e. The topological polar surface area (TPSA) is 288 Å². The van der Waals surface area contributed by atoms with Crippen molar-refractivity contribution in [2.45, 2.75) is 352 Å². The number of ketones is 1. The first kappa shape index (κ1) is 103. The normalized spacial score (nSPS) is 20.2. The molecule has 0 radical (unpaired) electrons. The van der Waals surface area contributed by atoms with Crippen molar-refractivity contribution < 1.29 is 112 Å². The van der Waals surface area contributed by atoms with E-state index in [9.17, 15) is 28.5 Å². The molecule has 646 valence electrons. The molecule has 0 aromatic rings. The molecule has 2 rings (SSSR count). The Labute approximate surface area is 673 Å². The number of esters is 1. The van der Waals surface area contributed by atoms with E-state index in [0.717, 1.165) is 161 Å². The minimum atomic E-state index is -4.80.